The molecule has 2 N–H and O–H groups in total. The van der Waals surface area contributed by atoms with E-state index in [-0.39, 0.29) is 5.91 Å². The molecule has 0 spiro atoms. The molecule has 2 aromatic rings. The average Bonchev–Trinajstić information content (AvgIpc) is 2.94. The largest absolute Gasteiger partial charge is 0.478 e. The van der Waals surface area contributed by atoms with Gasteiger partial charge in [-0.15, -0.1) is 11.3 Å². The van der Waals surface area contributed by atoms with Crippen molar-refractivity contribution in [2.45, 2.75) is 6.92 Å². The van der Waals surface area contributed by atoms with Crippen molar-refractivity contribution in [3.63, 3.8) is 0 Å². The van der Waals surface area contributed by atoms with Crippen molar-refractivity contribution in [2.24, 2.45) is 7.05 Å². The highest BCUT2D eigenvalue weighted by atomic mass is 32.1. The van der Waals surface area contributed by atoms with Gasteiger partial charge in [-0.25, -0.2) is 4.79 Å². The Hall–Kier alpha value is -2.41. The van der Waals surface area contributed by atoms with Gasteiger partial charge >= 0.3 is 5.97 Å². The number of nitrogens with zero attached hydrogens (tertiary/aromatic N) is 2. The van der Waals surface area contributed by atoms with Crippen LogP contribution >= 0.6 is 11.3 Å². The maximum Gasteiger partial charge on any atom is 0.328 e. The molecule has 0 aliphatic carbocycles. The van der Waals surface area contributed by atoms with Crippen LogP contribution in [0.25, 0.3) is 6.08 Å². The minimum atomic E-state index is -1.05. The summed E-state index contributed by atoms with van der Waals surface area (Å²) in [5.74, 6) is -1.33. The number of carbonyl (C=O) groups excluding carboxylic acids is 1. The van der Waals surface area contributed by atoms with Crippen LogP contribution in [0.15, 0.2) is 23.7 Å². The smallest absolute Gasteiger partial charge is 0.328 e. The summed E-state index contributed by atoms with van der Waals surface area (Å²) in [7, 11) is 1.77. The van der Waals surface area contributed by atoms with E-state index in [2.05, 4.69) is 10.4 Å². The molecule has 20 heavy (non-hydrogen) atoms. The normalized spacial score (nSPS) is 10.9. The van der Waals surface area contributed by atoms with Crippen molar-refractivity contribution < 1.29 is 14.7 Å². The molecule has 7 heteroatoms. The quantitative estimate of drug-likeness (QED) is 0.845. The zero-order chi connectivity index (χ0) is 14.7. The molecule has 104 valence electrons. The molecule has 0 radical (unpaired) electrons. The van der Waals surface area contributed by atoms with E-state index in [4.69, 9.17) is 5.11 Å². The number of amides is 1. The summed E-state index contributed by atoms with van der Waals surface area (Å²) in [5.41, 5.74) is 1.94. The standard InChI is InChI=1S/C13H13N3O3S/c1-8-10(7-16(2)15-8)14-13(19)12-9(5-6-20-12)3-4-11(17)18/h3-7H,1-2H3,(H,14,19)(H,17,18)/b4-3+. The van der Waals surface area contributed by atoms with Crippen LogP contribution in [0.1, 0.15) is 20.9 Å². The Morgan fingerprint density at radius 3 is 2.85 bits per heavy atom. The number of rotatable bonds is 4. The van der Waals surface area contributed by atoms with Gasteiger partial charge in [0.2, 0.25) is 0 Å². The van der Waals surface area contributed by atoms with Crippen molar-refractivity contribution >= 4 is 35.0 Å². The van der Waals surface area contributed by atoms with Crippen LogP contribution in [-0.2, 0) is 11.8 Å². The van der Waals surface area contributed by atoms with Crippen LogP contribution in [0.4, 0.5) is 5.69 Å². The van der Waals surface area contributed by atoms with Gasteiger partial charge in [-0.2, -0.15) is 5.10 Å². The molecule has 0 aromatic carbocycles. The third kappa shape index (κ3) is 3.12. The maximum absolute atomic E-state index is 12.2. The first-order valence-corrected chi connectivity index (χ1v) is 6.65. The van der Waals surface area contributed by atoms with Gasteiger partial charge in [0, 0.05) is 19.3 Å². The van der Waals surface area contributed by atoms with E-state index in [0.29, 0.717) is 16.1 Å². The fourth-order valence-corrected chi connectivity index (χ4v) is 2.48. The SMILES string of the molecule is Cc1nn(C)cc1NC(=O)c1sccc1/C=C/C(=O)O. The number of carboxylic acids is 1. The molecule has 0 fully saturated rings. The van der Waals surface area contributed by atoms with Gasteiger partial charge in [0.05, 0.1) is 16.3 Å². The summed E-state index contributed by atoms with van der Waals surface area (Å²) in [6.45, 7) is 1.80. The molecule has 0 unspecified atom stereocenters. The lowest BCUT2D eigenvalue weighted by Crippen LogP contribution is -2.11. The second kappa shape index (κ2) is 5.70. The number of hydrogen-bond acceptors (Lipinski definition) is 4. The Balaban J connectivity index is 2.20. The van der Waals surface area contributed by atoms with Crippen molar-refractivity contribution in [3.8, 4) is 0 Å². The predicted molar refractivity (Wildman–Crippen MR) is 76.9 cm³/mol. The van der Waals surface area contributed by atoms with Crippen LogP contribution < -0.4 is 5.32 Å². The average molecular weight is 291 g/mol. The molecule has 0 saturated carbocycles. The minimum absolute atomic E-state index is 0.277. The van der Waals surface area contributed by atoms with Gasteiger partial charge < -0.3 is 10.4 Å². The van der Waals surface area contributed by atoms with E-state index in [1.165, 1.54) is 17.4 Å². The van der Waals surface area contributed by atoms with Crippen molar-refractivity contribution in [1.82, 2.24) is 9.78 Å². The van der Waals surface area contributed by atoms with Gasteiger partial charge in [0.25, 0.3) is 5.91 Å². The minimum Gasteiger partial charge on any atom is -0.478 e. The first kappa shape index (κ1) is 14.0. The highest BCUT2D eigenvalue weighted by Gasteiger charge is 2.14. The lowest BCUT2D eigenvalue weighted by Gasteiger charge is -2.02. The Labute approximate surface area is 119 Å². The number of carboxylic acid groups (broad SMARTS) is 1. The maximum atomic E-state index is 12.2. The lowest BCUT2D eigenvalue weighted by molar-refractivity contribution is -0.131. The number of anilines is 1. The third-order valence-corrected chi connectivity index (χ3v) is 3.50. The van der Waals surface area contributed by atoms with Gasteiger partial charge in [-0.3, -0.25) is 9.48 Å². The van der Waals surface area contributed by atoms with E-state index >= 15 is 0 Å². The first-order valence-electron chi connectivity index (χ1n) is 5.77. The Bertz CT molecular complexity index is 685. The van der Waals surface area contributed by atoms with E-state index in [1.54, 1.807) is 36.3 Å². The van der Waals surface area contributed by atoms with Gasteiger partial charge in [0.1, 0.15) is 0 Å². The first-order chi connectivity index (χ1) is 9.47. The Morgan fingerprint density at radius 1 is 1.50 bits per heavy atom. The van der Waals surface area contributed by atoms with Gasteiger partial charge in [0.15, 0.2) is 0 Å². The Kier molecular flexibility index (Phi) is 3.99. The van der Waals surface area contributed by atoms with E-state index in [0.717, 1.165) is 11.8 Å². The van der Waals surface area contributed by atoms with Crippen molar-refractivity contribution in [3.05, 3.63) is 39.9 Å². The summed E-state index contributed by atoms with van der Waals surface area (Å²) in [5, 5.41) is 17.3. The van der Waals surface area contributed by atoms with Crippen LogP contribution in [0.2, 0.25) is 0 Å². The molecule has 2 aromatic heterocycles. The molecule has 2 rings (SSSR count). The molecule has 0 atom stereocenters. The summed E-state index contributed by atoms with van der Waals surface area (Å²) in [4.78, 5) is 23.2. The summed E-state index contributed by atoms with van der Waals surface area (Å²) >= 11 is 1.26. The molecule has 0 bridgehead atoms. The van der Waals surface area contributed by atoms with Gasteiger partial charge in [-0.1, -0.05) is 0 Å². The predicted octanol–water partition coefficient (Wildman–Crippen LogP) is 2.14. The molecular formula is C13H13N3O3S. The molecule has 0 saturated heterocycles. The van der Waals surface area contributed by atoms with Crippen LogP contribution in [0.3, 0.4) is 0 Å². The van der Waals surface area contributed by atoms with E-state index in [9.17, 15) is 9.59 Å². The fourth-order valence-electron chi connectivity index (χ4n) is 1.70. The molecular weight excluding hydrogens is 278 g/mol. The lowest BCUT2D eigenvalue weighted by atomic mass is 10.2. The molecule has 0 aliphatic heterocycles. The number of hydrogen-bond donors (Lipinski definition) is 2. The molecule has 2 heterocycles. The van der Waals surface area contributed by atoms with Crippen LogP contribution in [0.5, 0.6) is 0 Å². The monoisotopic (exact) mass is 291 g/mol. The highest BCUT2D eigenvalue weighted by molar-refractivity contribution is 7.12. The number of carbonyl (C=O) groups is 2. The van der Waals surface area contributed by atoms with Crippen LogP contribution in [0, 0.1) is 6.92 Å². The second-order valence-corrected chi connectivity index (χ2v) is 5.05. The second-order valence-electron chi connectivity index (χ2n) is 4.13. The summed E-state index contributed by atoms with van der Waals surface area (Å²) in [6.07, 6.45) is 4.13. The highest BCUT2D eigenvalue weighted by Crippen LogP contribution is 2.21. The molecule has 0 aliphatic rings. The number of aliphatic carboxylic acids is 1. The summed E-state index contributed by atoms with van der Waals surface area (Å²) in [6, 6.07) is 1.70. The molecule has 1 amide bonds. The molecule has 6 nitrogen and oxygen atoms in total. The number of thiophene rings is 1. The Morgan fingerprint density at radius 2 is 2.25 bits per heavy atom. The third-order valence-electron chi connectivity index (χ3n) is 2.57. The van der Waals surface area contributed by atoms with Crippen molar-refractivity contribution in [2.75, 3.05) is 5.32 Å². The fraction of sp³-hybridized carbons (Fsp3) is 0.154. The topological polar surface area (TPSA) is 84.2 Å². The summed E-state index contributed by atoms with van der Waals surface area (Å²) < 4.78 is 1.62. The van der Waals surface area contributed by atoms with Crippen molar-refractivity contribution in [1.29, 1.82) is 0 Å². The van der Waals surface area contributed by atoms with E-state index < -0.39 is 5.97 Å². The number of nitrogens with one attached hydrogen (secondary N) is 1. The zero-order valence-electron chi connectivity index (χ0n) is 11.0. The van der Waals surface area contributed by atoms with Crippen LogP contribution in [-0.4, -0.2) is 26.8 Å². The van der Waals surface area contributed by atoms with Gasteiger partial charge in [-0.05, 0) is 30.0 Å². The number of aromatic nitrogens is 2. The zero-order valence-corrected chi connectivity index (χ0v) is 11.8. The van der Waals surface area contributed by atoms with E-state index in [1.807, 2.05) is 0 Å². The number of aryl methyl sites for hydroxylation is 2.